The van der Waals surface area contributed by atoms with Crippen LogP contribution in [0.15, 0.2) is 9.05 Å². The molecule has 1 N–H and O–H groups in total. The van der Waals surface area contributed by atoms with Crippen molar-refractivity contribution in [3.05, 3.63) is 28.7 Å². The van der Waals surface area contributed by atoms with E-state index in [0.29, 0.717) is 11.9 Å². The predicted octanol–water partition coefficient (Wildman–Crippen LogP) is 1.99. The summed E-state index contributed by atoms with van der Waals surface area (Å²) in [7, 11) is 0. The number of likely N-dealkylation sites (tertiary alicyclic amines) is 1. The normalized spacial score (nSPS) is 19.3. The predicted molar refractivity (Wildman–Crippen MR) is 84.8 cm³/mol. The molecule has 7 nitrogen and oxygen atoms in total. The monoisotopic (exact) mass is 319 g/mol. The molecule has 1 atom stereocenters. The number of aromatic nitrogens is 3. The van der Waals surface area contributed by atoms with Crippen molar-refractivity contribution in [2.75, 3.05) is 13.1 Å². The van der Waals surface area contributed by atoms with E-state index in [4.69, 9.17) is 9.05 Å². The molecule has 2 aromatic heterocycles. The van der Waals surface area contributed by atoms with Crippen LogP contribution in [0.1, 0.15) is 48.5 Å². The molecule has 3 heterocycles. The van der Waals surface area contributed by atoms with Crippen LogP contribution in [-0.2, 0) is 19.5 Å². The summed E-state index contributed by atoms with van der Waals surface area (Å²) >= 11 is 0. The summed E-state index contributed by atoms with van der Waals surface area (Å²) in [4.78, 5) is 6.78. The van der Waals surface area contributed by atoms with Crippen LogP contribution in [0.4, 0.5) is 0 Å². The van der Waals surface area contributed by atoms with E-state index in [9.17, 15) is 0 Å². The zero-order valence-electron chi connectivity index (χ0n) is 14.1. The van der Waals surface area contributed by atoms with E-state index >= 15 is 0 Å². The second kappa shape index (κ2) is 7.23. The Kier molecular flexibility index (Phi) is 5.07. The SMILES string of the molecule is CCc1nc(CN2CCCC(NCc3c(C)noc3C)C2)no1. The molecule has 0 amide bonds. The summed E-state index contributed by atoms with van der Waals surface area (Å²) in [6, 6.07) is 0.468. The van der Waals surface area contributed by atoms with Crippen LogP contribution in [0.5, 0.6) is 0 Å². The van der Waals surface area contributed by atoms with E-state index in [2.05, 4.69) is 25.5 Å². The van der Waals surface area contributed by atoms with Crippen LogP contribution in [0.3, 0.4) is 0 Å². The lowest BCUT2D eigenvalue weighted by molar-refractivity contribution is 0.177. The molecular weight excluding hydrogens is 294 g/mol. The molecule has 0 radical (unpaired) electrons. The van der Waals surface area contributed by atoms with Crippen LogP contribution in [-0.4, -0.2) is 39.3 Å². The average molecular weight is 319 g/mol. The maximum absolute atomic E-state index is 5.22. The zero-order chi connectivity index (χ0) is 16.2. The van der Waals surface area contributed by atoms with Gasteiger partial charge >= 0.3 is 0 Å². The van der Waals surface area contributed by atoms with Gasteiger partial charge in [0.1, 0.15) is 5.76 Å². The molecule has 0 aliphatic carbocycles. The van der Waals surface area contributed by atoms with Crippen LogP contribution in [0.2, 0.25) is 0 Å². The van der Waals surface area contributed by atoms with Crippen molar-refractivity contribution >= 4 is 0 Å². The molecule has 1 fully saturated rings. The molecule has 0 spiro atoms. The molecule has 2 aromatic rings. The number of aryl methyl sites for hydroxylation is 3. The fourth-order valence-corrected chi connectivity index (χ4v) is 3.06. The standard InChI is InChI=1S/C16H25N5O2/c1-4-16-18-15(20-23-16)10-21-7-5-6-13(9-21)17-8-14-11(2)19-22-12(14)3/h13,17H,4-10H2,1-3H3. The Morgan fingerprint density at radius 1 is 1.26 bits per heavy atom. The molecule has 7 heteroatoms. The molecule has 1 unspecified atom stereocenters. The van der Waals surface area contributed by atoms with Gasteiger partial charge < -0.3 is 14.4 Å². The minimum absolute atomic E-state index is 0.468. The first-order valence-corrected chi connectivity index (χ1v) is 8.34. The van der Waals surface area contributed by atoms with E-state index in [-0.39, 0.29) is 0 Å². The number of piperidine rings is 1. The van der Waals surface area contributed by atoms with Gasteiger partial charge in [0.05, 0.1) is 12.2 Å². The van der Waals surface area contributed by atoms with Gasteiger partial charge in [-0.15, -0.1) is 0 Å². The van der Waals surface area contributed by atoms with Gasteiger partial charge in [-0.3, -0.25) is 4.90 Å². The van der Waals surface area contributed by atoms with E-state index in [1.807, 2.05) is 20.8 Å². The Morgan fingerprint density at radius 3 is 2.83 bits per heavy atom. The highest BCUT2D eigenvalue weighted by Crippen LogP contribution is 2.16. The topological polar surface area (TPSA) is 80.2 Å². The fraction of sp³-hybridized carbons (Fsp3) is 0.688. The summed E-state index contributed by atoms with van der Waals surface area (Å²) in [6.07, 6.45) is 3.15. The van der Waals surface area contributed by atoms with Crippen molar-refractivity contribution in [1.29, 1.82) is 0 Å². The molecule has 0 aromatic carbocycles. The van der Waals surface area contributed by atoms with Crippen molar-refractivity contribution in [2.45, 2.75) is 59.2 Å². The second-order valence-electron chi connectivity index (χ2n) is 6.22. The van der Waals surface area contributed by atoms with Crippen LogP contribution >= 0.6 is 0 Å². The highest BCUT2D eigenvalue weighted by molar-refractivity contribution is 5.20. The quantitative estimate of drug-likeness (QED) is 0.872. The van der Waals surface area contributed by atoms with Gasteiger partial charge in [-0.25, -0.2) is 0 Å². The smallest absolute Gasteiger partial charge is 0.226 e. The Labute approximate surface area is 136 Å². The van der Waals surface area contributed by atoms with E-state index in [0.717, 1.165) is 49.9 Å². The molecule has 3 rings (SSSR count). The number of nitrogens with one attached hydrogen (secondary N) is 1. The molecule has 1 aliphatic rings. The number of hydrogen-bond donors (Lipinski definition) is 1. The van der Waals surface area contributed by atoms with E-state index in [1.165, 1.54) is 18.4 Å². The molecule has 0 saturated carbocycles. The summed E-state index contributed by atoms with van der Waals surface area (Å²) in [5, 5.41) is 11.7. The van der Waals surface area contributed by atoms with Gasteiger partial charge in [0.15, 0.2) is 5.82 Å². The van der Waals surface area contributed by atoms with Crippen molar-refractivity contribution < 1.29 is 9.05 Å². The Balaban J connectivity index is 1.51. The summed E-state index contributed by atoms with van der Waals surface area (Å²) in [6.45, 7) is 9.62. The number of hydrogen-bond acceptors (Lipinski definition) is 7. The van der Waals surface area contributed by atoms with Crippen LogP contribution in [0, 0.1) is 13.8 Å². The first kappa shape index (κ1) is 16.1. The molecule has 23 heavy (non-hydrogen) atoms. The number of rotatable bonds is 6. The lowest BCUT2D eigenvalue weighted by Gasteiger charge is -2.32. The van der Waals surface area contributed by atoms with Gasteiger partial charge in [-0.2, -0.15) is 4.98 Å². The average Bonchev–Trinajstić information content (AvgIpc) is 3.13. The van der Waals surface area contributed by atoms with Crippen LogP contribution in [0.25, 0.3) is 0 Å². The molecular formula is C16H25N5O2. The molecule has 126 valence electrons. The van der Waals surface area contributed by atoms with Gasteiger partial charge in [0.25, 0.3) is 0 Å². The highest BCUT2D eigenvalue weighted by atomic mass is 16.5. The van der Waals surface area contributed by atoms with E-state index in [1.54, 1.807) is 0 Å². The van der Waals surface area contributed by atoms with Crippen molar-refractivity contribution in [2.24, 2.45) is 0 Å². The highest BCUT2D eigenvalue weighted by Gasteiger charge is 2.22. The summed E-state index contributed by atoms with van der Waals surface area (Å²) < 4.78 is 10.4. The van der Waals surface area contributed by atoms with Crippen molar-refractivity contribution in [1.82, 2.24) is 25.5 Å². The minimum atomic E-state index is 0.468. The Morgan fingerprint density at radius 2 is 2.13 bits per heavy atom. The Hall–Kier alpha value is -1.73. The fourth-order valence-electron chi connectivity index (χ4n) is 3.06. The van der Waals surface area contributed by atoms with Crippen LogP contribution < -0.4 is 5.32 Å². The molecule has 1 aliphatic heterocycles. The maximum atomic E-state index is 5.22. The zero-order valence-corrected chi connectivity index (χ0v) is 14.1. The number of nitrogens with zero attached hydrogens (tertiary/aromatic N) is 4. The lowest BCUT2D eigenvalue weighted by Crippen LogP contribution is -2.45. The minimum Gasteiger partial charge on any atom is -0.361 e. The third-order valence-electron chi connectivity index (χ3n) is 4.43. The largest absolute Gasteiger partial charge is 0.361 e. The van der Waals surface area contributed by atoms with Gasteiger partial charge in [0, 0.05) is 31.1 Å². The van der Waals surface area contributed by atoms with E-state index < -0.39 is 0 Å². The summed E-state index contributed by atoms with van der Waals surface area (Å²) in [5.74, 6) is 2.40. The maximum Gasteiger partial charge on any atom is 0.226 e. The van der Waals surface area contributed by atoms with Gasteiger partial charge in [-0.1, -0.05) is 17.2 Å². The third-order valence-corrected chi connectivity index (χ3v) is 4.43. The molecule has 0 bridgehead atoms. The molecule has 1 saturated heterocycles. The van der Waals surface area contributed by atoms with Gasteiger partial charge in [-0.05, 0) is 33.2 Å². The van der Waals surface area contributed by atoms with Crippen molar-refractivity contribution in [3.63, 3.8) is 0 Å². The Bertz CT molecular complexity index is 617. The third kappa shape index (κ3) is 3.97. The lowest BCUT2D eigenvalue weighted by atomic mass is 10.0. The first-order chi connectivity index (χ1) is 11.2. The summed E-state index contributed by atoms with van der Waals surface area (Å²) in [5.41, 5.74) is 2.15. The first-order valence-electron chi connectivity index (χ1n) is 8.34. The van der Waals surface area contributed by atoms with Crippen molar-refractivity contribution in [3.8, 4) is 0 Å². The van der Waals surface area contributed by atoms with Gasteiger partial charge in [0.2, 0.25) is 5.89 Å². The second-order valence-corrected chi connectivity index (χ2v) is 6.22.